The molecular weight excluding hydrogens is 170 g/mol. The summed E-state index contributed by atoms with van der Waals surface area (Å²) >= 11 is 0. The zero-order valence-corrected chi connectivity index (χ0v) is 9.94. The highest BCUT2D eigenvalue weighted by molar-refractivity contribution is 5.45. The van der Waals surface area contributed by atoms with Crippen LogP contribution in [0.15, 0.2) is 6.07 Å². The van der Waals surface area contributed by atoms with Crippen LogP contribution in [0.4, 0.5) is 0 Å². The van der Waals surface area contributed by atoms with Crippen molar-refractivity contribution >= 4 is 0 Å². The van der Waals surface area contributed by atoms with Crippen molar-refractivity contribution < 1.29 is 0 Å². The lowest BCUT2D eigenvalue weighted by atomic mass is 9.88. The van der Waals surface area contributed by atoms with Crippen molar-refractivity contribution in [3.05, 3.63) is 33.9 Å². The SMILES string of the molecule is Cc1cc(C(C)CN)c(C)c(C)c1C. The molecule has 0 bridgehead atoms. The van der Waals surface area contributed by atoms with Crippen LogP contribution in [0, 0.1) is 27.7 Å². The van der Waals surface area contributed by atoms with Gasteiger partial charge in [-0.3, -0.25) is 0 Å². The topological polar surface area (TPSA) is 26.0 Å². The van der Waals surface area contributed by atoms with E-state index in [0.717, 1.165) is 6.54 Å². The van der Waals surface area contributed by atoms with Crippen molar-refractivity contribution in [2.24, 2.45) is 5.73 Å². The minimum absolute atomic E-state index is 0.466. The molecular formula is C13H21N. The number of aryl methyl sites for hydroxylation is 1. The normalized spacial score (nSPS) is 13.0. The summed E-state index contributed by atoms with van der Waals surface area (Å²) in [6, 6.07) is 2.29. The van der Waals surface area contributed by atoms with Gasteiger partial charge in [0.25, 0.3) is 0 Å². The number of nitrogens with two attached hydrogens (primary N) is 1. The summed E-state index contributed by atoms with van der Waals surface area (Å²) < 4.78 is 0. The van der Waals surface area contributed by atoms with Gasteiger partial charge in [-0.15, -0.1) is 0 Å². The van der Waals surface area contributed by atoms with E-state index < -0.39 is 0 Å². The van der Waals surface area contributed by atoms with Gasteiger partial charge in [0.05, 0.1) is 0 Å². The van der Waals surface area contributed by atoms with Crippen LogP contribution in [-0.2, 0) is 0 Å². The molecule has 1 unspecified atom stereocenters. The van der Waals surface area contributed by atoms with Crippen LogP contribution in [0.3, 0.4) is 0 Å². The van der Waals surface area contributed by atoms with Gasteiger partial charge in [0.2, 0.25) is 0 Å². The minimum atomic E-state index is 0.466. The molecule has 1 atom stereocenters. The van der Waals surface area contributed by atoms with Gasteiger partial charge in [0.15, 0.2) is 0 Å². The molecule has 1 aromatic rings. The first kappa shape index (κ1) is 11.3. The number of hydrogen-bond acceptors (Lipinski definition) is 1. The van der Waals surface area contributed by atoms with Gasteiger partial charge < -0.3 is 5.73 Å². The second kappa shape index (κ2) is 4.14. The van der Waals surface area contributed by atoms with Crippen LogP contribution >= 0.6 is 0 Å². The quantitative estimate of drug-likeness (QED) is 0.764. The van der Waals surface area contributed by atoms with Gasteiger partial charge in [-0.2, -0.15) is 0 Å². The van der Waals surface area contributed by atoms with Crippen LogP contribution in [-0.4, -0.2) is 6.54 Å². The van der Waals surface area contributed by atoms with Gasteiger partial charge in [0, 0.05) is 0 Å². The fourth-order valence-corrected chi connectivity index (χ4v) is 1.88. The second-order valence-corrected chi connectivity index (χ2v) is 4.29. The maximum Gasteiger partial charge on any atom is -0.00108 e. The van der Waals surface area contributed by atoms with Crippen molar-refractivity contribution in [2.75, 3.05) is 6.54 Å². The number of rotatable bonds is 2. The van der Waals surface area contributed by atoms with E-state index in [9.17, 15) is 0 Å². The lowest BCUT2D eigenvalue weighted by molar-refractivity contribution is 0.764. The van der Waals surface area contributed by atoms with E-state index in [1.807, 2.05) is 0 Å². The minimum Gasteiger partial charge on any atom is -0.330 e. The Morgan fingerprint density at radius 1 is 1.07 bits per heavy atom. The molecule has 0 heterocycles. The van der Waals surface area contributed by atoms with Crippen molar-refractivity contribution in [3.63, 3.8) is 0 Å². The second-order valence-electron chi connectivity index (χ2n) is 4.29. The molecule has 1 nitrogen and oxygen atoms in total. The summed E-state index contributed by atoms with van der Waals surface area (Å²) in [4.78, 5) is 0. The molecule has 0 aliphatic rings. The molecule has 0 radical (unpaired) electrons. The van der Waals surface area contributed by atoms with Gasteiger partial charge in [0.1, 0.15) is 0 Å². The maximum absolute atomic E-state index is 5.71. The highest BCUT2D eigenvalue weighted by Crippen LogP contribution is 2.26. The summed E-state index contributed by atoms with van der Waals surface area (Å²) in [6.07, 6.45) is 0. The molecule has 0 saturated heterocycles. The molecule has 78 valence electrons. The lowest BCUT2D eigenvalue weighted by Gasteiger charge is -2.18. The van der Waals surface area contributed by atoms with Crippen LogP contribution in [0.5, 0.6) is 0 Å². The van der Waals surface area contributed by atoms with Crippen LogP contribution in [0.1, 0.15) is 40.7 Å². The zero-order chi connectivity index (χ0) is 10.9. The molecule has 2 N–H and O–H groups in total. The Balaban J connectivity index is 3.33. The van der Waals surface area contributed by atoms with Gasteiger partial charge in [-0.05, 0) is 68.0 Å². The average Bonchev–Trinajstić information content (AvgIpc) is 2.19. The largest absolute Gasteiger partial charge is 0.330 e. The van der Waals surface area contributed by atoms with Crippen molar-refractivity contribution in [1.29, 1.82) is 0 Å². The summed E-state index contributed by atoms with van der Waals surface area (Å²) in [5.74, 6) is 0.466. The van der Waals surface area contributed by atoms with E-state index in [-0.39, 0.29) is 0 Å². The Morgan fingerprint density at radius 3 is 2.14 bits per heavy atom. The summed E-state index contributed by atoms with van der Waals surface area (Å²) in [5, 5.41) is 0. The average molecular weight is 191 g/mol. The maximum atomic E-state index is 5.71. The fraction of sp³-hybridized carbons (Fsp3) is 0.538. The van der Waals surface area contributed by atoms with Crippen LogP contribution < -0.4 is 5.73 Å². The van der Waals surface area contributed by atoms with E-state index in [1.165, 1.54) is 27.8 Å². The molecule has 0 amide bonds. The van der Waals surface area contributed by atoms with Gasteiger partial charge in [-0.1, -0.05) is 13.0 Å². The molecule has 1 aromatic carbocycles. The molecule has 0 aromatic heterocycles. The summed E-state index contributed by atoms with van der Waals surface area (Å²) in [7, 11) is 0. The first-order chi connectivity index (χ1) is 6.49. The molecule has 0 aliphatic carbocycles. The number of hydrogen-bond donors (Lipinski definition) is 1. The monoisotopic (exact) mass is 191 g/mol. The highest BCUT2D eigenvalue weighted by atomic mass is 14.5. The Kier molecular flexibility index (Phi) is 3.33. The third-order valence-corrected chi connectivity index (χ3v) is 3.41. The van der Waals surface area contributed by atoms with E-state index in [2.05, 4.69) is 40.7 Å². The molecule has 1 rings (SSSR count). The number of benzene rings is 1. The smallest absolute Gasteiger partial charge is 0.00108 e. The highest BCUT2D eigenvalue weighted by Gasteiger charge is 2.11. The van der Waals surface area contributed by atoms with Crippen molar-refractivity contribution in [1.82, 2.24) is 0 Å². The summed E-state index contributed by atoms with van der Waals surface area (Å²) in [5.41, 5.74) is 12.7. The lowest BCUT2D eigenvalue weighted by Crippen LogP contribution is -2.11. The Morgan fingerprint density at radius 2 is 1.64 bits per heavy atom. The molecule has 0 fully saturated rings. The fourth-order valence-electron chi connectivity index (χ4n) is 1.88. The molecule has 0 saturated carbocycles. The zero-order valence-electron chi connectivity index (χ0n) is 9.94. The predicted octanol–water partition coefficient (Wildman–Crippen LogP) is 2.98. The van der Waals surface area contributed by atoms with Gasteiger partial charge >= 0.3 is 0 Å². The predicted molar refractivity (Wildman–Crippen MR) is 62.9 cm³/mol. The van der Waals surface area contributed by atoms with Gasteiger partial charge in [-0.25, -0.2) is 0 Å². The molecule has 0 spiro atoms. The van der Waals surface area contributed by atoms with E-state index in [1.54, 1.807) is 0 Å². The van der Waals surface area contributed by atoms with E-state index >= 15 is 0 Å². The summed E-state index contributed by atoms with van der Waals surface area (Å²) in [6.45, 7) is 11.7. The van der Waals surface area contributed by atoms with E-state index in [4.69, 9.17) is 5.73 Å². The Bertz CT molecular complexity index is 340. The van der Waals surface area contributed by atoms with Crippen LogP contribution in [0.25, 0.3) is 0 Å². The molecule has 14 heavy (non-hydrogen) atoms. The molecule has 0 aliphatic heterocycles. The Hall–Kier alpha value is -0.820. The third kappa shape index (κ3) is 1.83. The first-order valence-corrected chi connectivity index (χ1v) is 5.26. The van der Waals surface area contributed by atoms with Crippen LogP contribution in [0.2, 0.25) is 0 Å². The molecule has 1 heteroatoms. The van der Waals surface area contributed by atoms with Crippen molar-refractivity contribution in [3.8, 4) is 0 Å². The third-order valence-electron chi connectivity index (χ3n) is 3.41. The van der Waals surface area contributed by atoms with Crippen molar-refractivity contribution in [2.45, 2.75) is 40.5 Å². The standard InChI is InChI=1S/C13H21N/c1-8-6-13(9(2)7-14)12(5)11(4)10(8)3/h6,9H,7,14H2,1-5H3. The first-order valence-electron chi connectivity index (χ1n) is 5.26. The Labute approximate surface area is 87.3 Å². The van der Waals surface area contributed by atoms with E-state index in [0.29, 0.717) is 5.92 Å².